The highest BCUT2D eigenvalue weighted by atomic mass is 35.5. The van der Waals surface area contributed by atoms with Crippen molar-refractivity contribution in [2.45, 2.75) is 13.3 Å². The number of hydrogen-bond donors (Lipinski definition) is 1. The summed E-state index contributed by atoms with van der Waals surface area (Å²) >= 11 is 6.23. The Morgan fingerprint density at radius 3 is 2.46 bits per heavy atom. The molecule has 0 saturated heterocycles. The van der Waals surface area contributed by atoms with Crippen LogP contribution in [0, 0.1) is 6.92 Å². The van der Waals surface area contributed by atoms with E-state index in [9.17, 15) is 18.0 Å². The fourth-order valence-corrected chi connectivity index (χ4v) is 4.02. The van der Waals surface area contributed by atoms with Gasteiger partial charge in [-0.1, -0.05) is 23.7 Å². The number of nitrogens with one attached hydrogen (secondary N) is 1. The van der Waals surface area contributed by atoms with Gasteiger partial charge in [-0.25, -0.2) is 9.50 Å². The van der Waals surface area contributed by atoms with Gasteiger partial charge in [0.25, 0.3) is 0 Å². The minimum Gasteiger partial charge on any atom is -0.495 e. The number of aromatic nitrogens is 4. The van der Waals surface area contributed by atoms with Crippen molar-refractivity contribution in [1.29, 1.82) is 0 Å². The molecule has 3 aromatic heterocycles. The molecule has 0 spiro atoms. The first kappa shape index (κ1) is 22.7. The molecule has 0 bridgehead atoms. The molecule has 1 N–H and O–H groups in total. The highest BCUT2D eigenvalue weighted by Gasteiger charge is 2.31. The Morgan fingerprint density at radius 1 is 1.06 bits per heavy atom. The summed E-state index contributed by atoms with van der Waals surface area (Å²) in [6, 6.07) is 12.2. The van der Waals surface area contributed by atoms with Crippen LogP contribution in [0.25, 0.3) is 39.2 Å². The van der Waals surface area contributed by atoms with Gasteiger partial charge >= 0.3 is 6.36 Å². The van der Waals surface area contributed by atoms with Crippen molar-refractivity contribution in [3.05, 3.63) is 75.5 Å². The molecule has 35 heavy (non-hydrogen) atoms. The van der Waals surface area contributed by atoms with Crippen LogP contribution in [-0.4, -0.2) is 33.1 Å². The fourth-order valence-electron chi connectivity index (χ4n) is 3.78. The van der Waals surface area contributed by atoms with Gasteiger partial charge in [-0.15, -0.1) is 18.3 Å². The number of halogens is 4. The molecule has 0 amide bonds. The molecule has 11 heteroatoms. The van der Waals surface area contributed by atoms with Crippen molar-refractivity contribution in [2.24, 2.45) is 0 Å². The molecule has 0 fully saturated rings. The summed E-state index contributed by atoms with van der Waals surface area (Å²) < 4.78 is 47.9. The van der Waals surface area contributed by atoms with E-state index in [0.29, 0.717) is 55.5 Å². The summed E-state index contributed by atoms with van der Waals surface area (Å²) in [5.74, 6) is 0.395. The summed E-state index contributed by atoms with van der Waals surface area (Å²) in [5.41, 5.74) is 3.08. The number of nitrogens with zero attached hydrogens (tertiary/aromatic N) is 3. The van der Waals surface area contributed by atoms with E-state index in [2.05, 4.69) is 19.8 Å². The van der Waals surface area contributed by atoms with Gasteiger partial charge in [0.1, 0.15) is 11.5 Å². The molecule has 5 rings (SSSR count). The number of fused-ring (bicyclic) bond motifs is 2. The zero-order chi connectivity index (χ0) is 24.9. The topological polar surface area (TPSA) is 81.5 Å². The standard InChI is InChI=1S/C24H16ClF3N4O3/c1-12-21(29-18-10-17(25)19(34-2)9-16(18)22(12)33)23-30-20-8-5-14(11-32(20)31-23)13-3-6-15(7-4-13)35-24(26,27)28/h3-11H,1-2H3,(H,29,33). The predicted molar refractivity (Wildman–Crippen MR) is 125 cm³/mol. The minimum absolute atomic E-state index is 0.204. The van der Waals surface area contributed by atoms with E-state index in [1.807, 2.05) is 0 Å². The van der Waals surface area contributed by atoms with Crippen LogP contribution in [0.15, 0.2) is 59.5 Å². The average molecular weight is 501 g/mol. The van der Waals surface area contributed by atoms with E-state index in [0.717, 1.165) is 0 Å². The highest BCUT2D eigenvalue weighted by Crippen LogP contribution is 2.30. The lowest BCUT2D eigenvalue weighted by Crippen LogP contribution is -2.16. The number of benzene rings is 2. The first-order valence-electron chi connectivity index (χ1n) is 10.3. The van der Waals surface area contributed by atoms with E-state index < -0.39 is 6.36 Å². The molecule has 178 valence electrons. The molecule has 0 radical (unpaired) electrons. The molecule has 0 aliphatic heterocycles. The van der Waals surface area contributed by atoms with Crippen molar-refractivity contribution in [1.82, 2.24) is 19.6 Å². The number of alkyl halides is 3. The summed E-state index contributed by atoms with van der Waals surface area (Å²) in [4.78, 5) is 20.7. The second-order valence-electron chi connectivity index (χ2n) is 7.71. The first-order chi connectivity index (χ1) is 16.6. The Morgan fingerprint density at radius 2 is 1.77 bits per heavy atom. The summed E-state index contributed by atoms with van der Waals surface area (Å²) in [7, 11) is 1.47. The lowest BCUT2D eigenvalue weighted by molar-refractivity contribution is -0.274. The van der Waals surface area contributed by atoms with Crippen molar-refractivity contribution in [3.8, 4) is 34.1 Å². The maximum Gasteiger partial charge on any atom is 0.573 e. The Bertz CT molecular complexity index is 1640. The second-order valence-corrected chi connectivity index (χ2v) is 8.12. The van der Waals surface area contributed by atoms with Crippen molar-refractivity contribution in [3.63, 3.8) is 0 Å². The monoisotopic (exact) mass is 500 g/mol. The summed E-state index contributed by atoms with van der Waals surface area (Å²) in [5, 5.41) is 5.28. The largest absolute Gasteiger partial charge is 0.573 e. The molecule has 0 aliphatic rings. The molecule has 0 unspecified atom stereocenters. The van der Waals surface area contributed by atoms with Crippen LogP contribution in [0.3, 0.4) is 0 Å². The van der Waals surface area contributed by atoms with Gasteiger partial charge in [-0.2, -0.15) is 0 Å². The number of methoxy groups -OCH3 is 1. The van der Waals surface area contributed by atoms with Crippen LogP contribution < -0.4 is 14.9 Å². The zero-order valence-corrected chi connectivity index (χ0v) is 19.0. The Hall–Kier alpha value is -4.05. The van der Waals surface area contributed by atoms with Crippen LogP contribution in [0.1, 0.15) is 5.56 Å². The van der Waals surface area contributed by atoms with Gasteiger partial charge in [0, 0.05) is 22.7 Å². The van der Waals surface area contributed by atoms with Crippen LogP contribution in [0.5, 0.6) is 11.5 Å². The molecule has 2 aromatic carbocycles. The zero-order valence-electron chi connectivity index (χ0n) is 18.3. The third-order valence-corrected chi connectivity index (χ3v) is 5.78. The summed E-state index contributed by atoms with van der Waals surface area (Å²) in [6.45, 7) is 1.68. The molecule has 0 aliphatic carbocycles. The number of aromatic amines is 1. The Balaban J connectivity index is 1.54. The van der Waals surface area contributed by atoms with Gasteiger partial charge in [0.15, 0.2) is 16.9 Å². The molecule has 7 nitrogen and oxygen atoms in total. The van der Waals surface area contributed by atoms with Gasteiger partial charge in [-0.3, -0.25) is 4.79 Å². The third kappa shape index (κ3) is 4.28. The van der Waals surface area contributed by atoms with E-state index in [1.54, 1.807) is 37.4 Å². The smallest absolute Gasteiger partial charge is 0.495 e. The molecular weight excluding hydrogens is 485 g/mol. The van der Waals surface area contributed by atoms with Crippen LogP contribution in [0.2, 0.25) is 5.02 Å². The number of ether oxygens (including phenoxy) is 2. The normalized spacial score (nSPS) is 11.8. The van der Waals surface area contributed by atoms with Gasteiger partial charge in [0.2, 0.25) is 0 Å². The maximum absolute atomic E-state index is 13.0. The highest BCUT2D eigenvalue weighted by molar-refractivity contribution is 6.32. The van der Waals surface area contributed by atoms with Crippen LogP contribution in [-0.2, 0) is 0 Å². The third-order valence-electron chi connectivity index (χ3n) is 5.49. The molecule has 5 aromatic rings. The number of H-pyrrole nitrogens is 1. The average Bonchev–Trinajstić information content (AvgIpc) is 3.24. The SMILES string of the molecule is COc1cc2c(=O)c(C)c(-c3nc4ccc(-c5ccc(OC(F)(F)F)cc5)cn4n3)[nH]c2cc1Cl. The van der Waals surface area contributed by atoms with Gasteiger partial charge in [0.05, 0.1) is 23.3 Å². The van der Waals surface area contributed by atoms with Crippen molar-refractivity contribution in [2.75, 3.05) is 7.11 Å². The Kier molecular flexibility index (Phi) is 5.40. The van der Waals surface area contributed by atoms with Crippen LogP contribution in [0.4, 0.5) is 13.2 Å². The number of rotatable bonds is 4. The molecule has 0 atom stereocenters. The molecule has 3 heterocycles. The second kappa shape index (κ2) is 8.31. The lowest BCUT2D eigenvalue weighted by atomic mass is 10.1. The number of pyridine rings is 2. The van der Waals surface area contributed by atoms with Gasteiger partial charge < -0.3 is 14.5 Å². The quantitative estimate of drug-likeness (QED) is 0.338. The first-order valence-corrected chi connectivity index (χ1v) is 10.6. The minimum atomic E-state index is -4.75. The lowest BCUT2D eigenvalue weighted by Gasteiger charge is -2.09. The molecular formula is C24H16ClF3N4O3. The van der Waals surface area contributed by atoms with E-state index in [4.69, 9.17) is 16.3 Å². The van der Waals surface area contributed by atoms with Crippen molar-refractivity contribution < 1.29 is 22.6 Å². The molecule has 0 saturated carbocycles. The fraction of sp³-hybridized carbons (Fsp3) is 0.125. The van der Waals surface area contributed by atoms with Crippen molar-refractivity contribution >= 4 is 28.2 Å². The van der Waals surface area contributed by atoms with E-state index in [-0.39, 0.29) is 11.2 Å². The Labute approximate surface area is 200 Å². The van der Waals surface area contributed by atoms with E-state index >= 15 is 0 Å². The maximum atomic E-state index is 13.0. The van der Waals surface area contributed by atoms with Gasteiger partial charge in [-0.05, 0) is 48.9 Å². The summed E-state index contributed by atoms with van der Waals surface area (Å²) in [6.07, 6.45) is -3.06. The van der Waals surface area contributed by atoms with Crippen LogP contribution >= 0.6 is 11.6 Å². The predicted octanol–water partition coefficient (Wildman–Crippen LogP) is 5.77. The number of hydrogen-bond acceptors (Lipinski definition) is 5. The van der Waals surface area contributed by atoms with E-state index in [1.165, 1.54) is 35.9 Å².